The molecule has 0 bridgehead atoms. The van der Waals surface area contributed by atoms with Crippen LogP contribution in [0.25, 0.3) is 6.08 Å². The van der Waals surface area contributed by atoms with Crippen molar-refractivity contribution in [2.75, 3.05) is 0 Å². The molecule has 70 valence electrons. The monoisotopic (exact) mass is 203 g/mol. The summed E-state index contributed by atoms with van der Waals surface area (Å²) in [6, 6.07) is 7.60. The lowest BCUT2D eigenvalue weighted by atomic mass is 10.4. The van der Waals surface area contributed by atoms with E-state index in [-0.39, 0.29) is 5.91 Å². The average molecular weight is 203 g/mol. The third-order valence-corrected chi connectivity index (χ3v) is 2.63. The summed E-state index contributed by atoms with van der Waals surface area (Å²) < 4.78 is 1.55. The first kappa shape index (κ1) is 8.97. The lowest BCUT2D eigenvalue weighted by Crippen LogP contribution is -2.02. The Morgan fingerprint density at radius 1 is 1.29 bits per heavy atom. The number of thiophene rings is 1. The van der Waals surface area contributed by atoms with E-state index in [1.54, 1.807) is 34.4 Å². The van der Waals surface area contributed by atoms with E-state index in [1.807, 2.05) is 35.7 Å². The molecule has 0 saturated carbocycles. The van der Waals surface area contributed by atoms with Crippen molar-refractivity contribution in [1.82, 2.24) is 4.57 Å². The summed E-state index contributed by atoms with van der Waals surface area (Å²) >= 11 is 1.61. The van der Waals surface area contributed by atoms with Gasteiger partial charge < -0.3 is 0 Å². The molecule has 0 amide bonds. The first-order valence-electron chi connectivity index (χ1n) is 4.25. The highest BCUT2D eigenvalue weighted by Crippen LogP contribution is 2.10. The van der Waals surface area contributed by atoms with E-state index in [1.165, 1.54) is 0 Å². The number of hydrogen-bond donors (Lipinski definition) is 0. The summed E-state index contributed by atoms with van der Waals surface area (Å²) in [6.07, 6.45) is 6.88. The molecular weight excluding hydrogens is 194 g/mol. The number of carbonyl (C=O) groups is 1. The summed E-state index contributed by atoms with van der Waals surface area (Å²) in [7, 11) is 0. The third kappa shape index (κ3) is 2.00. The van der Waals surface area contributed by atoms with E-state index in [9.17, 15) is 4.79 Å². The predicted molar refractivity (Wildman–Crippen MR) is 58.4 cm³/mol. The number of nitrogens with zero attached hydrogens (tertiary/aromatic N) is 1. The highest BCUT2D eigenvalue weighted by molar-refractivity contribution is 7.10. The number of carbonyl (C=O) groups excluding carboxylic acids is 1. The van der Waals surface area contributed by atoms with Crippen molar-refractivity contribution in [3.63, 3.8) is 0 Å². The van der Waals surface area contributed by atoms with Crippen LogP contribution >= 0.6 is 11.3 Å². The predicted octanol–water partition coefficient (Wildman–Crippen LogP) is 2.90. The van der Waals surface area contributed by atoms with Gasteiger partial charge in [0.25, 0.3) is 5.91 Å². The molecule has 0 unspecified atom stereocenters. The Hall–Kier alpha value is -1.61. The molecule has 14 heavy (non-hydrogen) atoms. The lowest BCUT2D eigenvalue weighted by molar-refractivity contribution is 0.0970. The molecule has 0 saturated heterocycles. The summed E-state index contributed by atoms with van der Waals surface area (Å²) in [6.45, 7) is 0. The molecule has 2 rings (SSSR count). The molecule has 2 nitrogen and oxygen atoms in total. The van der Waals surface area contributed by atoms with Gasteiger partial charge in [0.1, 0.15) is 0 Å². The van der Waals surface area contributed by atoms with Crippen molar-refractivity contribution in [2.24, 2.45) is 0 Å². The maximum atomic E-state index is 11.5. The minimum absolute atomic E-state index is 0.0246. The fourth-order valence-corrected chi connectivity index (χ4v) is 1.73. The van der Waals surface area contributed by atoms with Gasteiger partial charge in [0.2, 0.25) is 0 Å². The van der Waals surface area contributed by atoms with Crippen LogP contribution in [-0.4, -0.2) is 10.5 Å². The van der Waals surface area contributed by atoms with E-state index in [0.29, 0.717) is 0 Å². The molecule has 2 aromatic heterocycles. The Morgan fingerprint density at radius 2 is 2.07 bits per heavy atom. The third-order valence-electron chi connectivity index (χ3n) is 1.79. The second kappa shape index (κ2) is 4.07. The Bertz CT molecular complexity index is 426. The van der Waals surface area contributed by atoms with Gasteiger partial charge in [-0.25, -0.2) is 0 Å². The standard InChI is InChI=1S/C11H9NOS/c13-11(12-7-1-2-8-12)6-5-10-4-3-9-14-10/h1-9H/b6-5+. The molecular formula is C11H9NOS. The average Bonchev–Trinajstić information content (AvgIpc) is 2.87. The molecule has 0 aromatic carbocycles. The van der Waals surface area contributed by atoms with Gasteiger partial charge in [-0.15, -0.1) is 11.3 Å². The SMILES string of the molecule is O=C(/C=C/c1cccs1)n1cccc1. The van der Waals surface area contributed by atoms with Gasteiger partial charge in [0.05, 0.1) is 0 Å². The zero-order valence-corrected chi connectivity index (χ0v) is 8.28. The quantitative estimate of drug-likeness (QED) is 0.688. The smallest absolute Gasteiger partial charge is 0.254 e. The Kier molecular flexibility index (Phi) is 2.60. The van der Waals surface area contributed by atoms with Crippen molar-refractivity contribution < 1.29 is 4.79 Å². The lowest BCUT2D eigenvalue weighted by Gasteiger charge is -1.93. The van der Waals surface area contributed by atoms with Gasteiger partial charge in [0.15, 0.2) is 0 Å². The fourth-order valence-electron chi connectivity index (χ4n) is 1.11. The van der Waals surface area contributed by atoms with Gasteiger partial charge >= 0.3 is 0 Å². The normalized spacial score (nSPS) is 10.9. The van der Waals surface area contributed by atoms with Crippen LogP contribution in [0.15, 0.2) is 48.1 Å². The van der Waals surface area contributed by atoms with Crippen LogP contribution in [0.5, 0.6) is 0 Å². The highest BCUT2D eigenvalue weighted by Gasteiger charge is 1.96. The van der Waals surface area contributed by atoms with Crippen molar-refractivity contribution >= 4 is 23.3 Å². The second-order valence-electron chi connectivity index (χ2n) is 2.78. The van der Waals surface area contributed by atoms with Crippen LogP contribution in [0.1, 0.15) is 9.67 Å². The second-order valence-corrected chi connectivity index (χ2v) is 3.76. The minimum atomic E-state index is -0.0246. The summed E-state index contributed by atoms with van der Waals surface area (Å²) in [5, 5.41) is 1.99. The van der Waals surface area contributed by atoms with Crippen LogP contribution in [0, 0.1) is 0 Å². The zero-order valence-electron chi connectivity index (χ0n) is 7.46. The van der Waals surface area contributed by atoms with Crippen molar-refractivity contribution in [3.05, 3.63) is 53.0 Å². The minimum Gasteiger partial charge on any atom is -0.291 e. The molecule has 0 spiro atoms. The molecule has 0 N–H and O–H groups in total. The molecule has 0 aliphatic rings. The summed E-state index contributed by atoms with van der Waals surface area (Å²) in [5.41, 5.74) is 0. The molecule has 2 heterocycles. The maximum Gasteiger partial charge on any atom is 0.254 e. The van der Waals surface area contributed by atoms with Crippen molar-refractivity contribution in [3.8, 4) is 0 Å². The topological polar surface area (TPSA) is 22.0 Å². The zero-order chi connectivity index (χ0) is 9.80. The number of allylic oxidation sites excluding steroid dienone is 1. The number of aromatic nitrogens is 1. The molecule has 0 radical (unpaired) electrons. The Labute approximate surface area is 86.1 Å². The first-order chi connectivity index (χ1) is 6.86. The molecule has 0 aliphatic carbocycles. The van der Waals surface area contributed by atoms with Gasteiger partial charge in [-0.1, -0.05) is 6.07 Å². The fraction of sp³-hybridized carbons (Fsp3) is 0. The first-order valence-corrected chi connectivity index (χ1v) is 5.13. The van der Waals surface area contributed by atoms with E-state index < -0.39 is 0 Å². The Balaban J connectivity index is 2.09. The van der Waals surface area contributed by atoms with Crippen LogP contribution in [0.3, 0.4) is 0 Å². The number of rotatable bonds is 2. The van der Waals surface area contributed by atoms with Gasteiger partial charge in [-0.2, -0.15) is 0 Å². The van der Waals surface area contributed by atoms with Gasteiger partial charge in [-0.3, -0.25) is 9.36 Å². The number of hydrogen-bond acceptors (Lipinski definition) is 2. The van der Waals surface area contributed by atoms with E-state index >= 15 is 0 Å². The maximum absolute atomic E-state index is 11.5. The molecule has 0 aliphatic heterocycles. The molecule has 0 atom stereocenters. The van der Waals surface area contributed by atoms with E-state index in [4.69, 9.17) is 0 Å². The van der Waals surface area contributed by atoms with Crippen LogP contribution in [0.2, 0.25) is 0 Å². The molecule has 2 aromatic rings. The van der Waals surface area contributed by atoms with Crippen LogP contribution in [-0.2, 0) is 0 Å². The summed E-state index contributed by atoms with van der Waals surface area (Å²) in [5.74, 6) is -0.0246. The molecule has 3 heteroatoms. The van der Waals surface area contributed by atoms with E-state index in [2.05, 4.69) is 0 Å². The highest BCUT2D eigenvalue weighted by atomic mass is 32.1. The van der Waals surface area contributed by atoms with Gasteiger partial charge in [-0.05, 0) is 29.7 Å². The van der Waals surface area contributed by atoms with Crippen LogP contribution < -0.4 is 0 Å². The van der Waals surface area contributed by atoms with E-state index in [0.717, 1.165) is 4.88 Å². The van der Waals surface area contributed by atoms with Crippen LogP contribution in [0.4, 0.5) is 0 Å². The summed E-state index contributed by atoms with van der Waals surface area (Å²) in [4.78, 5) is 12.6. The van der Waals surface area contributed by atoms with Gasteiger partial charge in [0, 0.05) is 23.3 Å². The van der Waals surface area contributed by atoms with Crippen molar-refractivity contribution in [2.45, 2.75) is 0 Å². The van der Waals surface area contributed by atoms with Crippen molar-refractivity contribution in [1.29, 1.82) is 0 Å². The molecule has 0 fully saturated rings. The Morgan fingerprint density at radius 3 is 2.71 bits per heavy atom. The largest absolute Gasteiger partial charge is 0.291 e.